The highest BCUT2D eigenvalue weighted by Gasteiger charge is 2.06. The van der Waals surface area contributed by atoms with Crippen LogP contribution in [0.25, 0.3) is 11.1 Å². The maximum absolute atomic E-state index is 5.79. The van der Waals surface area contributed by atoms with Gasteiger partial charge in [0.15, 0.2) is 0 Å². The standard InChI is InChI=1S/C12H16N8/c13-9-3-1-7(5-11(9)19-20-16)8-2-4-10(17-14)12(6-8)18-15/h1-6,17-18H,13-15H2,(H2,16,19). The molecule has 0 aliphatic carbocycles. The van der Waals surface area contributed by atoms with Gasteiger partial charge in [-0.2, -0.15) is 0 Å². The zero-order valence-corrected chi connectivity index (χ0v) is 10.7. The summed E-state index contributed by atoms with van der Waals surface area (Å²) in [6.45, 7) is 0. The Morgan fingerprint density at radius 1 is 0.850 bits per heavy atom. The quantitative estimate of drug-likeness (QED) is 0.214. The second-order valence-electron chi connectivity index (χ2n) is 4.04. The summed E-state index contributed by atoms with van der Waals surface area (Å²) in [6, 6.07) is 11.0. The largest absolute Gasteiger partial charge is 0.397 e. The molecule has 0 aromatic heterocycles. The van der Waals surface area contributed by atoms with Crippen LogP contribution < -0.4 is 34.1 Å². The normalized spacial score (nSPS) is 10.7. The van der Waals surface area contributed by atoms with Crippen LogP contribution in [0.5, 0.6) is 0 Å². The molecule has 0 fully saturated rings. The van der Waals surface area contributed by atoms with Crippen LogP contribution in [0.15, 0.2) is 46.7 Å². The Morgan fingerprint density at radius 3 is 2.15 bits per heavy atom. The molecule has 0 aliphatic rings. The lowest BCUT2D eigenvalue weighted by Crippen LogP contribution is -2.13. The van der Waals surface area contributed by atoms with Crippen molar-refractivity contribution in [3.8, 4) is 11.1 Å². The van der Waals surface area contributed by atoms with E-state index in [1.165, 1.54) is 0 Å². The summed E-state index contributed by atoms with van der Waals surface area (Å²) in [7, 11) is 0. The molecule has 10 N–H and O–H groups in total. The average Bonchev–Trinajstić information content (AvgIpc) is 2.49. The first-order valence-electron chi connectivity index (χ1n) is 5.77. The lowest BCUT2D eigenvalue weighted by molar-refractivity contribution is 1.06. The Bertz CT molecular complexity index is 637. The SMILES string of the molecule is NN=Nc1cc(-c2ccc(NN)c(NN)c2)ccc1N. The van der Waals surface area contributed by atoms with Gasteiger partial charge in [0.05, 0.1) is 17.1 Å². The van der Waals surface area contributed by atoms with Crippen molar-refractivity contribution in [1.29, 1.82) is 0 Å². The molecule has 0 amide bonds. The Kier molecular flexibility index (Phi) is 3.99. The number of anilines is 3. The van der Waals surface area contributed by atoms with Gasteiger partial charge in [-0.05, 0) is 35.4 Å². The number of nitrogens with two attached hydrogens (primary N) is 4. The van der Waals surface area contributed by atoms with E-state index >= 15 is 0 Å². The first-order chi connectivity index (χ1) is 9.69. The van der Waals surface area contributed by atoms with Gasteiger partial charge in [0.25, 0.3) is 0 Å². The molecule has 0 bridgehead atoms. The molecule has 0 atom stereocenters. The monoisotopic (exact) mass is 272 g/mol. The first-order valence-corrected chi connectivity index (χ1v) is 5.77. The molecule has 8 nitrogen and oxygen atoms in total. The molecule has 0 aliphatic heterocycles. The zero-order chi connectivity index (χ0) is 14.5. The fourth-order valence-electron chi connectivity index (χ4n) is 1.84. The van der Waals surface area contributed by atoms with E-state index in [9.17, 15) is 0 Å². The van der Waals surface area contributed by atoms with Gasteiger partial charge in [-0.25, -0.2) is 0 Å². The molecule has 0 heterocycles. The fraction of sp³-hybridized carbons (Fsp3) is 0. The fourth-order valence-corrected chi connectivity index (χ4v) is 1.84. The number of benzene rings is 2. The van der Waals surface area contributed by atoms with Crippen LogP contribution in [0, 0.1) is 0 Å². The highest BCUT2D eigenvalue weighted by molar-refractivity contribution is 5.80. The van der Waals surface area contributed by atoms with Gasteiger partial charge in [-0.1, -0.05) is 17.4 Å². The topological polar surface area (TPSA) is 153 Å². The van der Waals surface area contributed by atoms with Gasteiger partial charge in [0.2, 0.25) is 0 Å². The molecule has 8 heteroatoms. The Balaban J connectivity index is 2.48. The predicted molar refractivity (Wildman–Crippen MR) is 80.6 cm³/mol. The number of nitrogens with zero attached hydrogens (tertiary/aromatic N) is 2. The molecule has 104 valence electrons. The molecule has 0 unspecified atom stereocenters. The van der Waals surface area contributed by atoms with Crippen LogP contribution in [0.4, 0.5) is 22.7 Å². The number of rotatable bonds is 4. The zero-order valence-electron chi connectivity index (χ0n) is 10.7. The lowest BCUT2D eigenvalue weighted by Gasteiger charge is -2.11. The summed E-state index contributed by atoms with van der Waals surface area (Å²) in [5.74, 6) is 15.9. The van der Waals surface area contributed by atoms with Crippen LogP contribution in [0.3, 0.4) is 0 Å². The molecule has 0 radical (unpaired) electrons. The lowest BCUT2D eigenvalue weighted by atomic mass is 10.0. The van der Waals surface area contributed by atoms with Crippen molar-refractivity contribution in [3.63, 3.8) is 0 Å². The number of nitrogen functional groups attached to an aromatic ring is 3. The summed E-state index contributed by atoms with van der Waals surface area (Å²) in [5, 5.41) is 7.02. The highest BCUT2D eigenvalue weighted by Crippen LogP contribution is 2.32. The van der Waals surface area contributed by atoms with E-state index in [-0.39, 0.29) is 0 Å². The number of hydrogen-bond donors (Lipinski definition) is 6. The van der Waals surface area contributed by atoms with Gasteiger partial charge in [0, 0.05) is 0 Å². The molecule has 2 rings (SSSR count). The molecule has 20 heavy (non-hydrogen) atoms. The minimum atomic E-state index is 0.500. The van der Waals surface area contributed by atoms with E-state index in [0.29, 0.717) is 22.7 Å². The van der Waals surface area contributed by atoms with Gasteiger partial charge in [-0.15, -0.1) is 5.11 Å². The molecule has 2 aromatic carbocycles. The third-order valence-corrected chi connectivity index (χ3v) is 2.86. The van der Waals surface area contributed by atoms with Crippen LogP contribution in [0.2, 0.25) is 0 Å². The van der Waals surface area contributed by atoms with E-state index < -0.39 is 0 Å². The van der Waals surface area contributed by atoms with E-state index in [0.717, 1.165) is 11.1 Å². The summed E-state index contributed by atoms with van der Waals surface area (Å²) in [4.78, 5) is 0. The second-order valence-corrected chi connectivity index (χ2v) is 4.04. The van der Waals surface area contributed by atoms with Crippen LogP contribution in [-0.2, 0) is 0 Å². The number of nitrogens with one attached hydrogen (secondary N) is 2. The third-order valence-electron chi connectivity index (χ3n) is 2.86. The summed E-state index contributed by atoms with van der Waals surface area (Å²) in [6.07, 6.45) is 0. The second kappa shape index (κ2) is 5.87. The van der Waals surface area contributed by atoms with Gasteiger partial charge >= 0.3 is 0 Å². The van der Waals surface area contributed by atoms with E-state index in [4.69, 9.17) is 23.3 Å². The van der Waals surface area contributed by atoms with Crippen molar-refractivity contribution in [3.05, 3.63) is 36.4 Å². The van der Waals surface area contributed by atoms with Crippen molar-refractivity contribution >= 4 is 22.7 Å². The van der Waals surface area contributed by atoms with Crippen molar-refractivity contribution in [1.82, 2.24) is 0 Å². The maximum Gasteiger partial charge on any atom is 0.111 e. The number of hydrogen-bond acceptors (Lipinski definition) is 7. The van der Waals surface area contributed by atoms with Crippen molar-refractivity contribution in [2.45, 2.75) is 0 Å². The molecular formula is C12H16N8. The van der Waals surface area contributed by atoms with E-state index in [1.807, 2.05) is 24.3 Å². The molecule has 2 aromatic rings. The Hall–Kier alpha value is -2.84. The van der Waals surface area contributed by atoms with Crippen molar-refractivity contribution in [2.75, 3.05) is 16.6 Å². The Labute approximate surface area is 115 Å². The maximum atomic E-state index is 5.79. The number of hydrazine groups is 2. The van der Waals surface area contributed by atoms with E-state index in [1.54, 1.807) is 12.1 Å². The smallest absolute Gasteiger partial charge is 0.111 e. The molecular weight excluding hydrogens is 256 g/mol. The summed E-state index contributed by atoms with van der Waals surface area (Å²) in [5.41, 5.74) is 15.1. The predicted octanol–water partition coefficient (Wildman–Crippen LogP) is 1.46. The molecule has 0 saturated heterocycles. The first kappa shape index (κ1) is 13.6. The summed E-state index contributed by atoms with van der Waals surface area (Å²) < 4.78 is 0. The van der Waals surface area contributed by atoms with Crippen LogP contribution in [0.1, 0.15) is 0 Å². The van der Waals surface area contributed by atoms with Crippen LogP contribution in [-0.4, -0.2) is 0 Å². The summed E-state index contributed by atoms with van der Waals surface area (Å²) >= 11 is 0. The molecule has 0 saturated carbocycles. The Morgan fingerprint density at radius 2 is 1.50 bits per heavy atom. The van der Waals surface area contributed by atoms with Crippen molar-refractivity contribution in [2.24, 2.45) is 27.9 Å². The minimum Gasteiger partial charge on any atom is -0.397 e. The molecule has 0 spiro atoms. The average molecular weight is 272 g/mol. The minimum absolute atomic E-state index is 0.500. The van der Waals surface area contributed by atoms with Gasteiger partial charge in [-0.3, -0.25) is 11.7 Å². The van der Waals surface area contributed by atoms with Crippen LogP contribution >= 0.6 is 0 Å². The third kappa shape index (κ3) is 2.60. The highest BCUT2D eigenvalue weighted by atomic mass is 15.3. The van der Waals surface area contributed by atoms with Gasteiger partial charge in [0.1, 0.15) is 5.69 Å². The van der Waals surface area contributed by atoms with Crippen molar-refractivity contribution < 1.29 is 0 Å². The van der Waals surface area contributed by atoms with Gasteiger partial charge < -0.3 is 22.4 Å². The van der Waals surface area contributed by atoms with E-state index in [2.05, 4.69) is 21.2 Å².